The van der Waals surface area contributed by atoms with Gasteiger partial charge >= 0.3 is 0 Å². The van der Waals surface area contributed by atoms with Crippen LogP contribution in [0.3, 0.4) is 0 Å². The second kappa shape index (κ2) is 13.4. The van der Waals surface area contributed by atoms with Gasteiger partial charge in [-0.3, -0.25) is 0 Å². The fraction of sp³-hybridized carbons (Fsp3) is 0.0169. The van der Waals surface area contributed by atoms with Crippen molar-refractivity contribution < 1.29 is 4.42 Å². The summed E-state index contributed by atoms with van der Waals surface area (Å²) < 4.78 is 6.26. The van der Waals surface area contributed by atoms with Crippen LogP contribution in [0.25, 0.3) is 100 Å². The Hall–Kier alpha value is -8.14. The van der Waals surface area contributed by atoms with Crippen LogP contribution in [0, 0.1) is 0 Å². The van der Waals surface area contributed by atoms with Crippen LogP contribution in [-0.2, 0) is 5.41 Å². The zero-order valence-corrected chi connectivity index (χ0v) is 33.6. The number of benzene rings is 9. The summed E-state index contributed by atoms with van der Waals surface area (Å²) in [6, 6.07) is 78.8. The van der Waals surface area contributed by atoms with E-state index in [1.54, 1.807) is 0 Å². The van der Waals surface area contributed by atoms with E-state index < -0.39 is 5.41 Å². The van der Waals surface area contributed by atoms with Crippen LogP contribution in [-0.4, -0.2) is 9.97 Å². The number of furan rings is 1. The molecule has 9 aromatic carbocycles. The Morgan fingerprint density at radius 1 is 0.290 bits per heavy atom. The van der Waals surface area contributed by atoms with Gasteiger partial charge in [-0.1, -0.05) is 176 Å². The van der Waals surface area contributed by atoms with Crippen LogP contribution in [0.1, 0.15) is 22.3 Å². The second-order valence-electron chi connectivity index (χ2n) is 16.4. The molecule has 62 heavy (non-hydrogen) atoms. The summed E-state index contributed by atoms with van der Waals surface area (Å²) in [4.78, 5) is 10.9. The van der Waals surface area contributed by atoms with Gasteiger partial charge < -0.3 is 4.42 Å². The SMILES string of the molecule is c1ccc(-c2cccc(-c3cc(-c4ccc5oc6ccccc6c5c4)nc(-c4ccc5c(c4)C4(c6ccccc6-c6ccccc6-5)c5ccccc5-c5ccccc54)n3)c2)cc1. The Kier molecular flexibility index (Phi) is 7.52. The van der Waals surface area contributed by atoms with Crippen LogP contribution in [0.2, 0.25) is 0 Å². The Morgan fingerprint density at radius 2 is 0.790 bits per heavy atom. The van der Waals surface area contributed by atoms with E-state index in [4.69, 9.17) is 14.4 Å². The van der Waals surface area contributed by atoms with Crippen molar-refractivity contribution in [3.05, 3.63) is 241 Å². The zero-order valence-electron chi connectivity index (χ0n) is 33.6. The molecule has 1 spiro atoms. The first kappa shape index (κ1) is 34.7. The minimum atomic E-state index is -0.605. The van der Waals surface area contributed by atoms with Gasteiger partial charge in [0.25, 0.3) is 0 Å². The predicted molar refractivity (Wildman–Crippen MR) is 253 cm³/mol. The molecule has 0 saturated heterocycles. The molecule has 0 fully saturated rings. The molecule has 288 valence electrons. The predicted octanol–water partition coefficient (Wildman–Crippen LogP) is 15.1. The summed E-state index contributed by atoms with van der Waals surface area (Å²) in [5.74, 6) is 0.670. The molecular formula is C59H36N2O. The first-order valence-electron chi connectivity index (χ1n) is 21.2. The summed E-state index contributed by atoms with van der Waals surface area (Å²) in [7, 11) is 0. The van der Waals surface area contributed by atoms with Crippen LogP contribution in [0.15, 0.2) is 223 Å². The maximum Gasteiger partial charge on any atom is 0.160 e. The summed E-state index contributed by atoms with van der Waals surface area (Å²) in [5, 5.41) is 2.15. The lowest BCUT2D eigenvalue weighted by molar-refractivity contribution is 0.669. The van der Waals surface area contributed by atoms with Crippen molar-refractivity contribution in [1.29, 1.82) is 0 Å². The standard InChI is InChI=1S/C59H36N2O/c1-2-15-37(16-3-1)38-17-14-18-39(33-38)54-36-55(40-30-32-57-49(34-40)48-24-9-13-28-56(48)62-57)61-58(60-54)41-29-31-47-43-20-5-4-19-42(43)44-21-6-10-25-50(44)59(53(47)35-41)51-26-11-7-22-45(51)46-23-8-12-27-52(46)59/h1-36H. The van der Waals surface area contributed by atoms with Crippen molar-refractivity contribution in [1.82, 2.24) is 9.97 Å². The number of hydrogen-bond donors (Lipinski definition) is 0. The van der Waals surface area contributed by atoms with Crippen molar-refractivity contribution in [2.45, 2.75) is 5.41 Å². The molecule has 0 bridgehead atoms. The summed E-state index contributed by atoms with van der Waals surface area (Å²) in [5.41, 5.74) is 20.6. The number of rotatable bonds is 4. The Labute approximate surface area is 359 Å². The maximum atomic E-state index is 6.26. The topological polar surface area (TPSA) is 38.9 Å². The number of hydrogen-bond acceptors (Lipinski definition) is 3. The summed E-state index contributed by atoms with van der Waals surface area (Å²) in [6.45, 7) is 0. The smallest absolute Gasteiger partial charge is 0.160 e. The van der Waals surface area contributed by atoms with Crippen molar-refractivity contribution in [3.8, 4) is 78.4 Å². The van der Waals surface area contributed by atoms with Crippen molar-refractivity contribution in [2.75, 3.05) is 0 Å². The number of fused-ring (bicyclic) bond motifs is 15. The number of aromatic nitrogens is 2. The average molecular weight is 789 g/mol. The molecule has 2 aliphatic rings. The molecule has 0 unspecified atom stereocenters. The molecule has 0 saturated carbocycles. The molecule has 0 aliphatic heterocycles. The highest BCUT2D eigenvalue weighted by molar-refractivity contribution is 6.06. The zero-order chi connectivity index (χ0) is 40.8. The maximum absolute atomic E-state index is 6.26. The number of para-hydroxylation sites is 1. The van der Waals surface area contributed by atoms with E-state index in [9.17, 15) is 0 Å². The van der Waals surface area contributed by atoms with E-state index in [0.717, 1.165) is 61.1 Å². The third kappa shape index (κ3) is 5.06. The molecule has 2 heterocycles. The van der Waals surface area contributed by atoms with Gasteiger partial charge in [0, 0.05) is 27.5 Å². The first-order chi connectivity index (χ1) is 30.7. The van der Waals surface area contributed by atoms with Gasteiger partial charge in [-0.2, -0.15) is 0 Å². The molecule has 2 aromatic heterocycles. The quantitative estimate of drug-likeness (QED) is 0.178. The van der Waals surface area contributed by atoms with Crippen molar-refractivity contribution in [2.24, 2.45) is 0 Å². The lowest BCUT2D eigenvalue weighted by Gasteiger charge is -2.35. The summed E-state index contributed by atoms with van der Waals surface area (Å²) in [6.07, 6.45) is 0. The highest BCUT2D eigenvalue weighted by Gasteiger charge is 2.49. The molecular weight excluding hydrogens is 753 g/mol. The Bertz CT molecular complexity index is 3550. The van der Waals surface area contributed by atoms with Gasteiger partial charge in [0.05, 0.1) is 16.8 Å². The highest BCUT2D eigenvalue weighted by Crippen LogP contribution is 2.61. The molecule has 13 rings (SSSR count). The Balaban J connectivity index is 1.09. The van der Waals surface area contributed by atoms with Crippen molar-refractivity contribution in [3.63, 3.8) is 0 Å². The van der Waals surface area contributed by atoms with E-state index in [1.165, 1.54) is 55.6 Å². The molecule has 0 amide bonds. The van der Waals surface area contributed by atoms with Gasteiger partial charge in [0.15, 0.2) is 5.82 Å². The third-order valence-corrected chi connectivity index (χ3v) is 13.1. The van der Waals surface area contributed by atoms with Gasteiger partial charge in [-0.05, 0) is 109 Å². The molecule has 11 aromatic rings. The minimum Gasteiger partial charge on any atom is -0.456 e. The minimum absolute atomic E-state index is 0.605. The van der Waals surface area contributed by atoms with Crippen LogP contribution < -0.4 is 0 Å². The van der Waals surface area contributed by atoms with E-state index in [2.05, 4.69) is 206 Å². The molecule has 0 radical (unpaired) electrons. The lowest BCUT2D eigenvalue weighted by Crippen LogP contribution is -2.29. The van der Waals surface area contributed by atoms with Gasteiger partial charge in [-0.15, -0.1) is 0 Å². The Morgan fingerprint density at radius 3 is 1.48 bits per heavy atom. The summed E-state index contributed by atoms with van der Waals surface area (Å²) >= 11 is 0. The lowest BCUT2D eigenvalue weighted by atomic mass is 9.65. The van der Waals surface area contributed by atoms with E-state index >= 15 is 0 Å². The van der Waals surface area contributed by atoms with Crippen LogP contribution in [0.4, 0.5) is 0 Å². The number of nitrogens with zero attached hydrogens (tertiary/aromatic N) is 2. The monoisotopic (exact) mass is 788 g/mol. The van der Waals surface area contributed by atoms with Crippen molar-refractivity contribution >= 4 is 21.9 Å². The normalized spacial score (nSPS) is 13.0. The van der Waals surface area contributed by atoms with Gasteiger partial charge in [0.2, 0.25) is 0 Å². The highest BCUT2D eigenvalue weighted by atomic mass is 16.3. The van der Waals surface area contributed by atoms with E-state index in [1.807, 2.05) is 12.1 Å². The van der Waals surface area contributed by atoms with Crippen LogP contribution >= 0.6 is 0 Å². The molecule has 2 aliphatic carbocycles. The average Bonchev–Trinajstić information content (AvgIpc) is 3.84. The molecule has 3 nitrogen and oxygen atoms in total. The third-order valence-electron chi connectivity index (χ3n) is 13.1. The second-order valence-corrected chi connectivity index (χ2v) is 16.4. The largest absolute Gasteiger partial charge is 0.456 e. The van der Waals surface area contributed by atoms with Gasteiger partial charge in [0.1, 0.15) is 11.2 Å². The van der Waals surface area contributed by atoms with E-state index in [-0.39, 0.29) is 0 Å². The molecule has 3 heteroatoms. The van der Waals surface area contributed by atoms with E-state index in [0.29, 0.717) is 5.82 Å². The van der Waals surface area contributed by atoms with Gasteiger partial charge in [-0.25, -0.2) is 9.97 Å². The fourth-order valence-corrected chi connectivity index (χ4v) is 10.4. The fourth-order valence-electron chi connectivity index (χ4n) is 10.4. The molecule has 0 atom stereocenters. The first-order valence-corrected chi connectivity index (χ1v) is 21.2. The molecule has 0 N–H and O–H groups in total. The van der Waals surface area contributed by atoms with Crippen LogP contribution in [0.5, 0.6) is 0 Å².